The highest BCUT2D eigenvalue weighted by atomic mass is 79.9. The van der Waals surface area contributed by atoms with Gasteiger partial charge in [-0.1, -0.05) is 41.9 Å². The van der Waals surface area contributed by atoms with Crippen LogP contribution in [0.5, 0.6) is 0 Å². The van der Waals surface area contributed by atoms with Gasteiger partial charge < -0.3 is 15.5 Å². The average Bonchev–Trinajstić information content (AvgIpc) is 3.26. The zero-order chi connectivity index (χ0) is 27.7. The summed E-state index contributed by atoms with van der Waals surface area (Å²) in [5.74, 6) is -0.421. The van der Waals surface area contributed by atoms with Crippen LogP contribution < -0.4 is 11.3 Å². The molecule has 5 rings (SSSR count). The van der Waals surface area contributed by atoms with Gasteiger partial charge in [-0.15, -0.1) is 11.3 Å². The molecule has 2 N–H and O–H groups in total. The van der Waals surface area contributed by atoms with Crippen LogP contribution in [0.2, 0.25) is 5.02 Å². The SMILES string of the molecule is CN1CCC(CCN)N(C(=O)c2ccc(Cl)cc2)C(c2nc3cc(Br)sc3c(=O)n2Cc2ccccc2)C1=O. The lowest BCUT2D eigenvalue weighted by Crippen LogP contribution is -2.48. The number of aromatic nitrogens is 2. The van der Waals surface area contributed by atoms with E-state index in [-0.39, 0.29) is 35.8 Å². The molecule has 2 unspecified atom stereocenters. The second-order valence-corrected chi connectivity index (χ2v) is 12.4. The van der Waals surface area contributed by atoms with Crippen LogP contribution in [-0.2, 0) is 11.3 Å². The summed E-state index contributed by atoms with van der Waals surface area (Å²) in [6.07, 6.45) is 1.04. The van der Waals surface area contributed by atoms with Crippen LogP contribution in [0.3, 0.4) is 0 Å². The molecule has 2 aromatic heterocycles. The van der Waals surface area contributed by atoms with Crippen molar-refractivity contribution in [1.29, 1.82) is 0 Å². The Balaban J connectivity index is 1.76. The molecule has 1 aliphatic heterocycles. The van der Waals surface area contributed by atoms with Crippen molar-refractivity contribution in [2.45, 2.75) is 31.5 Å². The third-order valence-corrected chi connectivity index (χ3v) is 8.83. The number of hydrogen-bond acceptors (Lipinski definition) is 6. The molecule has 0 spiro atoms. The van der Waals surface area contributed by atoms with E-state index >= 15 is 0 Å². The molecule has 0 aliphatic carbocycles. The Labute approximate surface area is 243 Å². The van der Waals surface area contributed by atoms with Crippen LogP contribution in [0.15, 0.2) is 69.2 Å². The second kappa shape index (κ2) is 11.6. The van der Waals surface area contributed by atoms with Gasteiger partial charge in [0.05, 0.1) is 15.8 Å². The summed E-state index contributed by atoms with van der Waals surface area (Å²) < 4.78 is 2.76. The first-order chi connectivity index (χ1) is 18.8. The molecule has 1 fully saturated rings. The Hall–Kier alpha value is -3.05. The Bertz CT molecular complexity index is 1570. The lowest BCUT2D eigenvalue weighted by molar-refractivity contribution is -0.134. The van der Waals surface area contributed by atoms with Crippen LogP contribution in [0, 0.1) is 0 Å². The quantitative estimate of drug-likeness (QED) is 0.334. The number of carbonyl (C=O) groups excluding carboxylic acids is 2. The number of fused-ring (bicyclic) bond motifs is 1. The third kappa shape index (κ3) is 5.51. The van der Waals surface area contributed by atoms with Crippen molar-refractivity contribution in [2.24, 2.45) is 5.73 Å². The van der Waals surface area contributed by atoms with Crippen LogP contribution in [0.25, 0.3) is 10.2 Å². The van der Waals surface area contributed by atoms with Crippen LogP contribution >= 0.6 is 38.9 Å². The van der Waals surface area contributed by atoms with Gasteiger partial charge in [0, 0.05) is 30.2 Å². The largest absolute Gasteiger partial charge is 0.343 e. The zero-order valence-electron chi connectivity index (χ0n) is 21.2. The van der Waals surface area contributed by atoms with Crippen molar-refractivity contribution in [1.82, 2.24) is 19.4 Å². The highest BCUT2D eigenvalue weighted by Gasteiger charge is 2.43. The Kier molecular flexibility index (Phi) is 8.18. The van der Waals surface area contributed by atoms with E-state index in [4.69, 9.17) is 22.3 Å². The van der Waals surface area contributed by atoms with Crippen molar-refractivity contribution in [3.05, 3.63) is 96.8 Å². The molecule has 2 amide bonds. The molecular weight excluding hydrogens is 602 g/mol. The maximum atomic E-state index is 14.2. The summed E-state index contributed by atoms with van der Waals surface area (Å²) in [6, 6.07) is 16.4. The summed E-state index contributed by atoms with van der Waals surface area (Å²) in [4.78, 5) is 50.2. The lowest BCUT2D eigenvalue weighted by atomic mass is 10.0. The molecule has 0 bridgehead atoms. The number of amides is 2. The van der Waals surface area contributed by atoms with Crippen molar-refractivity contribution in [3.63, 3.8) is 0 Å². The number of benzene rings is 2. The fourth-order valence-electron chi connectivity index (χ4n) is 4.99. The van der Waals surface area contributed by atoms with Gasteiger partial charge in [0.2, 0.25) is 0 Å². The molecule has 3 heterocycles. The first-order valence-electron chi connectivity index (χ1n) is 12.6. The zero-order valence-corrected chi connectivity index (χ0v) is 24.4. The van der Waals surface area contributed by atoms with E-state index in [1.807, 2.05) is 30.3 Å². The van der Waals surface area contributed by atoms with Crippen LogP contribution in [0.4, 0.5) is 0 Å². The molecule has 0 saturated carbocycles. The number of carbonyl (C=O) groups is 2. The summed E-state index contributed by atoms with van der Waals surface area (Å²) in [5, 5.41) is 0.500. The van der Waals surface area contributed by atoms with Crippen LogP contribution in [0.1, 0.15) is 40.6 Å². The van der Waals surface area contributed by atoms with E-state index in [0.29, 0.717) is 46.7 Å². The molecule has 202 valence electrons. The monoisotopic (exact) mass is 627 g/mol. The van der Waals surface area contributed by atoms with Crippen LogP contribution in [-0.4, -0.2) is 57.3 Å². The van der Waals surface area contributed by atoms with E-state index in [0.717, 1.165) is 9.35 Å². The summed E-state index contributed by atoms with van der Waals surface area (Å²) in [5.41, 5.74) is 7.47. The molecule has 0 radical (unpaired) electrons. The number of likely N-dealkylation sites (N-methyl/N-ethyl adjacent to an activating group) is 1. The summed E-state index contributed by atoms with van der Waals surface area (Å²) in [6.45, 7) is 0.978. The minimum atomic E-state index is -1.13. The second-order valence-electron chi connectivity index (χ2n) is 9.51. The van der Waals surface area contributed by atoms with Gasteiger partial charge in [0.1, 0.15) is 10.5 Å². The van der Waals surface area contributed by atoms with Gasteiger partial charge in [-0.25, -0.2) is 4.98 Å². The number of nitrogens with zero attached hydrogens (tertiary/aromatic N) is 4. The number of thiophene rings is 1. The molecular formula is C28H27BrClN5O3S. The Morgan fingerprint density at radius 3 is 2.56 bits per heavy atom. The summed E-state index contributed by atoms with van der Waals surface area (Å²) >= 11 is 10.9. The predicted octanol–water partition coefficient (Wildman–Crippen LogP) is 4.69. The van der Waals surface area contributed by atoms with Gasteiger partial charge in [-0.2, -0.15) is 0 Å². The van der Waals surface area contributed by atoms with Crippen molar-refractivity contribution < 1.29 is 9.59 Å². The topological polar surface area (TPSA) is 102 Å². The molecule has 11 heteroatoms. The Morgan fingerprint density at radius 1 is 1.15 bits per heavy atom. The molecule has 4 aromatic rings. The number of halogens is 2. The maximum Gasteiger partial charge on any atom is 0.271 e. The smallest absolute Gasteiger partial charge is 0.271 e. The van der Waals surface area contributed by atoms with Crippen molar-refractivity contribution in [3.8, 4) is 0 Å². The van der Waals surface area contributed by atoms with E-state index in [9.17, 15) is 14.4 Å². The van der Waals surface area contributed by atoms with Gasteiger partial charge in [-0.05, 0) is 71.2 Å². The normalized spacial score (nSPS) is 18.0. The molecule has 8 nitrogen and oxygen atoms in total. The van der Waals surface area contributed by atoms with Gasteiger partial charge in [0.15, 0.2) is 6.04 Å². The van der Waals surface area contributed by atoms with Crippen molar-refractivity contribution in [2.75, 3.05) is 20.1 Å². The number of hydrogen-bond donors (Lipinski definition) is 1. The third-order valence-electron chi connectivity index (χ3n) is 6.97. The van der Waals surface area contributed by atoms with Gasteiger partial charge >= 0.3 is 0 Å². The van der Waals surface area contributed by atoms with Gasteiger partial charge in [-0.3, -0.25) is 19.0 Å². The van der Waals surface area contributed by atoms with E-state index in [2.05, 4.69) is 15.9 Å². The molecule has 2 aromatic carbocycles. The minimum absolute atomic E-state index is 0.200. The minimum Gasteiger partial charge on any atom is -0.343 e. The van der Waals surface area contributed by atoms with Gasteiger partial charge in [0.25, 0.3) is 17.4 Å². The molecule has 2 atom stereocenters. The fourth-order valence-corrected chi connectivity index (χ4v) is 6.59. The highest BCUT2D eigenvalue weighted by Crippen LogP contribution is 2.34. The maximum absolute atomic E-state index is 14.2. The average molecular weight is 629 g/mol. The summed E-state index contributed by atoms with van der Waals surface area (Å²) in [7, 11) is 1.71. The molecule has 39 heavy (non-hydrogen) atoms. The standard InChI is InChI=1S/C28H27BrClN5O3S/c1-33-14-12-20(11-13-31)35(26(36)18-7-9-19(30)10-8-18)23(27(33)37)25-32-21-15-22(29)39-24(21)28(38)34(25)16-17-5-3-2-4-6-17/h2-10,15,20,23H,11-14,16,31H2,1H3. The molecule has 1 aliphatic rings. The van der Waals surface area contributed by atoms with Crippen molar-refractivity contribution >= 4 is 60.9 Å². The molecule has 1 saturated heterocycles. The van der Waals surface area contributed by atoms with E-state index < -0.39 is 6.04 Å². The Morgan fingerprint density at radius 2 is 1.87 bits per heavy atom. The van der Waals surface area contributed by atoms with E-state index in [1.54, 1.807) is 47.2 Å². The van der Waals surface area contributed by atoms with E-state index in [1.165, 1.54) is 15.9 Å². The number of nitrogens with two attached hydrogens (primary N) is 1. The first-order valence-corrected chi connectivity index (χ1v) is 14.5. The first kappa shape index (κ1) is 27.5. The lowest BCUT2D eigenvalue weighted by Gasteiger charge is -2.36. The predicted molar refractivity (Wildman–Crippen MR) is 157 cm³/mol. The fraction of sp³-hybridized carbons (Fsp3) is 0.286. The number of rotatable bonds is 6. The highest BCUT2D eigenvalue weighted by molar-refractivity contribution is 9.11.